The van der Waals surface area contributed by atoms with Crippen LogP contribution in [0.3, 0.4) is 0 Å². The lowest BCUT2D eigenvalue weighted by Gasteiger charge is -2.26. The first-order chi connectivity index (χ1) is 11.7. The minimum Gasteiger partial charge on any atom is -0.343 e. The molecule has 0 bridgehead atoms. The molecule has 1 aromatic carbocycles. The molecule has 0 unspecified atom stereocenters. The molecule has 2 aliphatic heterocycles. The zero-order valence-electron chi connectivity index (χ0n) is 14.0. The number of carbonyl (C=O) groups excluding carboxylic acids is 2. The number of amides is 3. The minimum absolute atomic E-state index is 0.0211. The van der Waals surface area contributed by atoms with Crippen LogP contribution >= 0.6 is 11.8 Å². The maximum Gasteiger partial charge on any atom is 0.321 e. The Hall–Kier alpha value is -1.69. The maximum absolute atomic E-state index is 12.2. The number of anilines is 1. The highest BCUT2D eigenvalue weighted by atomic mass is 32.2. The highest BCUT2D eigenvalue weighted by Gasteiger charge is 2.18. The third kappa shape index (κ3) is 4.66. The standard InChI is InChI=1S/C18H25N3O2S/c22-17(20-9-1-2-10-20)8-5-15-3-6-16(7-4-15)19-18(23)21-11-13-24-14-12-21/h3-4,6-7H,1-2,5,8-14H2,(H,19,23). The van der Waals surface area contributed by atoms with E-state index in [0.29, 0.717) is 6.42 Å². The van der Waals surface area contributed by atoms with Crippen LogP contribution in [-0.4, -0.2) is 59.4 Å². The summed E-state index contributed by atoms with van der Waals surface area (Å²) >= 11 is 1.89. The summed E-state index contributed by atoms with van der Waals surface area (Å²) in [5.41, 5.74) is 1.95. The molecule has 2 heterocycles. The molecule has 0 aliphatic carbocycles. The first-order valence-electron chi connectivity index (χ1n) is 8.73. The van der Waals surface area contributed by atoms with Crippen molar-refractivity contribution >= 4 is 29.4 Å². The Morgan fingerprint density at radius 1 is 0.958 bits per heavy atom. The Bertz CT molecular complexity index is 564. The number of benzene rings is 1. The molecule has 24 heavy (non-hydrogen) atoms. The Balaban J connectivity index is 1.46. The summed E-state index contributed by atoms with van der Waals surface area (Å²) in [4.78, 5) is 28.1. The number of carbonyl (C=O) groups is 2. The summed E-state index contributed by atoms with van der Waals surface area (Å²) in [7, 11) is 0. The second kappa shape index (κ2) is 8.42. The van der Waals surface area contributed by atoms with Crippen molar-refractivity contribution in [3.8, 4) is 0 Å². The second-order valence-electron chi connectivity index (χ2n) is 6.31. The number of aryl methyl sites for hydroxylation is 1. The Morgan fingerprint density at radius 3 is 2.29 bits per heavy atom. The van der Waals surface area contributed by atoms with Gasteiger partial charge >= 0.3 is 6.03 Å². The number of rotatable bonds is 4. The number of nitrogens with zero attached hydrogens (tertiary/aromatic N) is 2. The van der Waals surface area contributed by atoms with Crippen molar-refractivity contribution in [2.45, 2.75) is 25.7 Å². The van der Waals surface area contributed by atoms with E-state index in [1.165, 1.54) is 0 Å². The number of likely N-dealkylation sites (tertiary alicyclic amines) is 1. The van der Waals surface area contributed by atoms with Crippen LogP contribution in [0, 0.1) is 0 Å². The van der Waals surface area contributed by atoms with Crippen LogP contribution in [0.2, 0.25) is 0 Å². The van der Waals surface area contributed by atoms with Gasteiger partial charge in [0.15, 0.2) is 0 Å². The fourth-order valence-corrected chi connectivity index (χ4v) is 4.00. The van der Waals surface area contributed by atoms with Crippen LogP contribution in [0.25, 0.3) is 0 Å². The lowest BCUT2D eigenvalue weighted by Crippen LogP contribution is -2.40. The largest absolute Gasteiger partial charge is 0.343 e. The quantitative estimate of drug-likeness (QED) is 0.911. The normalized spacial score (nSPS) is 17.8. The SMILES string of the molecule is O=C(CCc1ccc(NC(=O)N2CCSCC2)cc1)N1CCCC1. The molecule has 0 radical (unpaired) electrons. The summed E-state index contributed by atoms with van der Waals surface area (Å²) in [6.07, 6.45) is 3.59. The van der Waals surface area contributed by atoms with Gasteiger partial charge in [0, 0.05) is 49.8 Å². The van der Waals surface area contributed by atoms with Crippen molar-refractivity contribution in [3.63, 3.8) is 0 Å². The average molecular weight is 347 g/mol. The number of thioether (sulfide) groups is 1. The zero-order chi connectivity index (χ0) is 16.8. The molecule has 0 spiro atoms. The molecule has 0 atom stereocenters. The van der Waals surface area contributed by atoms with Crippen LogP contribution in [0.4, 0.5) is 10.5 Å². The first kappa shape index (κ1) is 17.1. The monoisotopic (exact) mass is 347 g/mol. The Kier molecular flexibility index (Phi) is 6.01. The van der Waals surface area contributed by atoms with E-state index in [1.807, 2.05) is 45.8 Å². The maximum atomic E-state index is 12.2. The zero-order valence-corrected chi connectivity index (χ0v) is 14.8. The molecular weight excluding hydrogens is 322 g/mol. The molecule has 5 nitrogen and oxygen atoms in total. The molecule has 3 amide bonds. The average Bonchev–Trinajstić information content (AvgIpc) is 3.16. The molecular formula is C18H25N3O2S. The van der Waals surface area contributed by atoms with Gasteiger partial charge in [-0.1, -0.05) is 12.1 Å². The molecule has 0 aromatic heterocycles. The van der Waals surface area contributed by atoms with Crippen LogP contribution < -0.4 is 5.32 Å². The van der Waals surface area contributed by atoms with Crippen LogP contribution in [0.15, 0.2) is 24.3 Å². The molecule has 1 N–H and O–H groups in total. The van der Waals surface area contributed by atoms with E-state index in [1.54, 1.807) is 0 Å². The van der Waals surface area contributed by atoms with Crippen molar-refractivity contribution < 1.29 is 9.59 Å². The smallest absolute Gasteiger partial charge is 0.321 e. The van der Waals surface area contributed by atoms with Crippen LogP contribution in [0.5, 0.6) is 0 Å². The van der Waals surface area contributed by atoms with E-state index in [-0.39, 0.29) is 11.9 Å². The number of hydrogen-bond donors (Lipinski definition) is 1. The van der Waals surface area contributed by atoms with E-state index in [9.17, 15) is 9.59 Å². The highest BCUT2D eigenvalue weighted by molar-refractivity contribution is 7.99. The van der Waals surface area contributed by atoms with Gasteiger partial charge in [-0.15, -0.1) is 0 Å². The van der Waals surface area contributed by atoms with Gasteiger partial charge in [0.1, 0.15) is 0 Å². The van der Waals surface area contributed by atoms with Crippen molar-refractivity contribution in [2.75, 3.05) is 43.0 Å². The van der Waals surface area contributed by atoms with Gasteiger partial charge in [0.2, 0.25) is 5.91 Å². The lowest BCUT2D eigenvalue weighted by atomic mass is 10.1. The van der Waals surface area contributed by atoms with Gasteiger partial charge in [-0.2, -0.15) is 11.8 Å². The summed E-state index contributed by atoms with van der Waals surface area (Å²) < 4.78 is 0. The molecule has 1 aromatic rings. The number of hydrogen-bond acceptors (Lipinski definition) is 3. The van der Waals surface area contributed by atoms with E-state index >= 15 is 0 Å². The molecule has 3 rings (SSSR count). The summed E-state index contributed by atoms with van der Waals surface area (Å²) in [6, 6.07) is 7.82. The van der Waals surface area contributed by atoms with Crippen molar-refractivity contribution in [1.29, 1.82) is 0 Å². The third-order valence-corrected chi connectivity index (χ3v) is 5.53. The fourth-order valence-electron chi connectivity index (χ4n) is 3.10. The van der Waals surface area contributed by atoms with E-state index in [0.717, 1.165) is 68.2 Å². The molecule has 6 heteroatoms. The topological polar surface area (TPSA) is 52.7 Å². The van der Waals surface area contributed by atoms with Crippen molar-refractivity contribution in [3.05, 3.63) is 29.8 Å². The molecule has 2 aliphatic rings. The van der Waals surface area contributed by atoms with E-state index < -0.39 is 0 Å². The molecule has 130 valence electrons. The van der Waals surface area contributed by atoms with Crippen molar-refractivity contribution in [2.24, 2.45) is 0 Å². The molecule has 2 fully saturated rings. The second-order valence-corrected chi connectivity index (χ2v) is 7.54. The summed E-state index contributed by atoms with van der Waals surface area (Å²) in [5, 5.41) is 2.95. The lowest BCUT2D eigenvalue weighted by molar-refractivity contribution is -0.130. The Morgan fingerprint density at radius 2 is 1.62 bits per heavy atom. The number of nitrogens with one attached hydrogen (secondary N) is 1. The van der Waals surface area contributed by atoms with Gasteiger partial charge in [-0.3, -0.25) is 4.79 Å². The molecule has 0 saturated carbocycles. The fraction of sp³-hybridized carbons (Fsp3) is 0.556. The van der Waals surface area contributed by atoms with Gasteiger partial charge < -0.3 is 15.1 Å². The number of urea groups is 1. The third-order valence-electron chi connectivity index (χ3n) is 4.59. The predicted molar refractivity (Wildman–Crippen MR) is 98.5 cm³/mol. The van der Waals surface area contributed by atoms with Gasteiger partial charge in [-0.05, 0) is 37.0 Å². The minimum atomic E-state index is -0.0211. The first-order valence-corrected chi connectivity index (χ1v) is 9.88. The van der Waals surface area contributed by atoms with Gasteiger partial charge in [-0.25, -0.2) is 4.79 Å². The Labute approximate surface area is 147 Å². The molecule has 2 saturated heterocycles. The van der Waals surface area contributed by atoms with E-state index in [4.69, 9.17) is 0 Å². The van der Waals surface area contributed by atoms with Gasteiger partial charge in [0.05, 0.1) is 0 Å². The summed E-state index contributed by atoms with van der Waals surface area (Å²) in [5.74, 6) is 2.28. The van der Waals surface area contributed by atoms with Crippen LogP contribution in [-0.2, 0) is 11.2 Å². The van der Waals surface area contributed by atoms with Crippen LogP contribution in [0.1, 0.15) is 24.8 Å². The van der Waals surface area contributed by atoms with Gasteiger partial charge in [0.25, 0.3) is 0 Å². The predicted octanol–water partition coefficient (Wildman–Crippen LogP) is 2.82. The summed E-state index contributed by atoms with van der Waals surface area (Å²) in [6.45, 7) is 3.46. The van der Waals surface area contributed by atoms with Crippen molar-refractivity contribution in [1.82, 2.24) is 9.80 Å². The highest BCUT2D eigenvalue weighted by Crippen LogP contribution is 2.15. The van der Waals surface area contributed by atoms with E-state index in [2.05, 4.69) is 5.32 Å².